The molecule has 2 aromatic rings. The van der Waals surface area contributed by atoms with Crippen LogP contribution < -0.4 is 9.62 Å². The van der Waals surface area contributed by atoms with Crippen LogP contribution in [0.5, 0.6) is 0 Å². The lowest BCUT2D eigenvalue weighted by Gasteiger charge is -2.34. The van der Waals surface area contributed by atoms with Crippen LogP contribution >= 0.6 is 0 Å². The van der Waals surface area contributed by atoms with E-state index in [4.69, 9.17) is 0 Å². The summed E-state index contributed by atoms with van der Waals surface area (Å²) < 4.78 is 27.1. The first-order chi connectivity index (χ1) is 18.1. The van der Waals surface area contributed by atoms with Gasteiger partial charge in [-0.1, -0.05) is 88.6 Å². The number of hydrogen-bond acceptors (Lipinski definition) is 4. The average Bonchev–Trinajstić information content (AvgIpc) is 2.90. The summed E-state index contributed by atoms with van der Waals surface area (Å²) in [6.07, 6.45) is 7.42. The van der Waals surface area contributed by atoms with Gasteiger partial charge in [0.05, 0.1) is 11.9 Å². The Morgan fingerprint density at radius 3 is 2.21 bits per heavy atom. The van der Waals surface area contributed by atoms with Crippen molar-refractivity contribution in [3.8, 4) is 0 Å². The molecule has 7 nitrogen and oxygen atoms in total. The smallest absolute Gasteiger partial charge is 0.244 e. The van der Waals surface area contributed by atoms with E-state index in [0.717, 1.165) is 43.1 Å². The predicted octanol–water partition coefficient (Wildman–Crippen LogP) is 4.87. The number of anilines is 1. The molecule has 1 saturated carbocycles. The number of sulfonamides is 1. The molecule has 0 unspecified atom stereocenters. The molecule has 8 heteroatoms. The van der Waals surface area contributed by atoms with E-state index in [0.29, 0.717) is 25.1 Å². The van der Waals surface area contributed by atoms with E-state index in [1.54, 1.807) is 17.0 Å². The van der Waals surface area contributed by atoms with Crippen molar-refractivity contribution < 1.29 is 18.0 Å². The van der Waals surface area contributed by atoms with E-state index in [1.807, 2.05) is 63.2 Å². The third-order valence-electron chi connectivity index (χ3n) is 7.33. The highest BCUT2D eigenvalue weighted by atomic mass is 32.2. The van der Waals surface area contributed by atoms with Crippen molar-refractivity contribution in [1.82, 2.24) is 10.2 Å². The number of carbonyl (C=O) groups excluding carboxylic acids is 2. The summed E-state index contributed by atoms with van der Waals surface area (Å²) in [5.41, 5.74) is 2.41. The Hall–Kier alpha value is -2.87. The van der Waals surface area contributed by atoms with Crippen molar-refractivity contribution in [3.63, 3.8) is 0 Å². The largest absolute Gasteiger partial charge is 0.352 e. The van der Waals surface area contributed by atoms with E-state index in [2.05, 4.69) is 5.32 Å². The van der Waals surface area contributed by atoms with E-state index < -0.39 is 16.1 Å². The number of rotatable bonds is 12. The van der Waals surface area contributed by atoms with Crippen LogP contribution in [0.1, 0.15) is 76.3 Å². The Morgan fingerprint density at radius 2 is 1.61 bits per heavy atom. The molecule has 1 N–H and O–H groups in total. The second-order valence-corrected chi connectivity index (χ2v) is 12.5. The van der Waals surface area contributed by atoms with E-state index >= 15 is 0 Å². The summed E-state index contributed by atoms with van der Waals surface area (Å²) in [7, 11) is -3.76. The summed E-state index contributed by atoms with van der Waals surface area (Å²) >= 11 is 0. The molecule has 1 aliphatic carbocycles. The quantitative estimate of drug-likeness (QED) is 0.415. The van der Waals surface area contributed by atoms with Gasteiger partial charge in [0.25, 0.3) is 0 Å². The standard InChI is InChI=1S/C30H43N3O4S/c1-5-27(30(35)31-25-16-10-7-11-17-25)32(21-20-24-14-8-6-9-15-24)29(34)22-33(38(4,36)37)28-19-13-12-18-26(28)23(2)3/h6,8-9,12-15,18-19,23,25,27H,5,7,10-11,16-17,20-22H2,1-4H3,(H,31,35)/t27-/m1/s1. The van der Waals surface area contributed by atoms with Crippen molar-refractivity contribution >= 4 is 27.5 Å². The monoisotopic (exact) mass is 541 g/mol. The van der Waals surface area contributed by atoms with Crippen LogP contribution in [0.2, 0.25) is 0 Å². The number of nitrogens with zero attached hydrogens (tertiary/aromatic N) is 2. The van der Waals surface area contributed by atoms with Gasteiger partial charge >= 0.3 is 0 Å². The Balaban J connectivity index is 1.90. The van der Waals surface area contributed by atoms with E-state index in [-0.39, 0.29) is 30.3 Å². The Labute approximate surface area is 228 Å². The maximum absolute atomic E-state index is 13.9. The lowest BCUT2D eigenvalue weighted by atomic mass is 9.95. The minimum atomic E-state index is -3.76. The first-order valence-electron chi connectivity index (χ1n) is 13.8. The molecular formula is C30H43N3O4S. The molecule has 3 rings (SSSR count). The summed E-state index contributed by atoms with van der Waals surface area (Å²) in [5.74, 6) is -0.464. The topological polar surface area (TPSA) is 86.8 Å². The van der Waals surface area contributed by atoms with E-state index in [1.165, 1.54) is 10.7 Å². The van der Waals surface area contributed by atoms with Crippen molar-refractivity contribution in [2.24, 2.45) is 0 Å². The molecule has 2 amide bonds. The predicted molar refractivity (Wildman–Crippen MR) is 154 cm³/mol. The van der Waals surface area contributed by atoms with Gasteiger partial charge in [-0.15, -0.1) is 0 Å². The molecule has 0 spiro atoms. The van der Waals surface area contributed by atoms with Gasteiger partial charge in [0.2, 0.25) is 21.8 Å². The highest BCUT2D eigenvalue weighted by Gasteiger charge is 2.33. The molecule has 2 aromatic carbocycles. The van der Waals surface area contributed by atoms with Gasteiger partial charge in [0, 0.05) is 12.6 Å². The van der Waals surface area contributed by atoms with Crippen LogP contribution in [0.25, 0.3) is 0 Å². The van der Waals surface area contributed by atoms with Gasteiger partial charge in [-0.25, -0.2) is 8.42 Å². The fourth-order valence-corrected chi connectivity index (χ4v) is 6.11. The molecule has 0 bridgehead atoms. The Kier molecular flexibility index (Phi) is 10.8. The third-order valence-corrected chi connectivity index (χ3v) is 8.45. The number of carbonyl (C=O) groups is 2. The van der Waals surface area contributed by atoms with Crippen LogP contribution in [0.3, 0.4) is 0 Å². The zero-order chi connectivity index (χ0) is 27.7. The van der Waals surface area contributed by atoms with Crippen molar-refractivity contribution in [2.45, 2.75) is 83.7 Å². The number of para-hydroxylation sites is 1. The lowest BCUT2D eigenvalue weighted by Crippen LogP contribution is -2.54. The second-order valence-electron chi connectivity index (χ2n) is 10.6. The van der Waals surface area contributed by atoms with Crippen LogP contribution in [0.4, 0.5) is 5.69 Å². The van der Waals surface area contributed by atoms with Gasteiger partial charge in [-0.3, -0.25) is 13.9 Å². The molecule has 0 radical (unpaired) electrons. The van der Waals surface area contributed by atoms with Crippen LogP contribution in [0.15, 0.2) is 54.6 Å². The van der Waals surface area contributed by atoms with Gasteiger partial charge in [0.1, 0.15) is 12.6 Å². The summed E-state index contributed by atoms with van der Waals surface area (Å²) in [5, 5.41) is 3.18. The Morgan fingerprint density at radius 1 is 0.974 bits per heavy atom. The summed E-state index contributed by atoms with van der Waals surface area (Å²) in [6.45, 7) is 5.86. The number of benzene rings is 2. The minimum absolute atomic E-state index is 0.0735. The first kappa shape index (κ1) is 29.7. The normalized spacial score (nSPS) is 15.2. The summed E-state index contributed by atoms with van der Waals surface area (Å²) in [6, 6.07) is 16.6. The van der Waals surface area contributed by atoms with Crippen LogP contribution in [-0.4, -0.2) is 56.6 Å². The number of hydrogen-bond donors (Lipinski definition) is 1. The highest BCUT2D eigenvalue weighted by Crippen LogP contribution is 2.29. The molecule has 0 saturated heterocycles. The van der Waals surface area contributed by atoms with E-state index in [9.17, 15) is 18.0 Å². The maximum Gasteiger partial charge on any atom is 0.244 e. The second kappa shape index (κ2) is 13.8. The highest BCUT2D eigenvalue weighted by molar-refractivity contribution is 7.92. The molecule has 1 atom stereocenters. The summed E-state index contributed by atoms with van der Waals surface area (Å²) in [4.78, 5) is 29.0. The van der Waals surface area contributed by atoms with Gasteiger partial charge in [0.15, 0.2) is 0 Å². The molecule has 1 aliphatic rings. The van der Waals surface area contributed by atoms with Gasteiger partial charge in [-0.2, -0.15) is 0 Å². The lowest BCUT2D eigenvalue weighted by molar-refractivity contribution is -0.140. The SMILES string of the molecule is CC[C@H](C(=O)NC1CCCCC1)N(CCc1ccccc1)C(=O)CN(c1ccccc1C(C)C)S(C)(=O)=O. The molecule has 208 valence electrons. The molecule has 0 heterocycles. The molecule has 0 aromatic heterocycles. The third kappa shape index (κ3) is 8.06. The van der Waals surface area contributed by atoms with Crippen molar-refractivity contribution in [1.29, 1.82) is 0 Å². The van der Waals surface area contributed by atoms with Crippen molar-refractivity contribution in [2.75, 3.05) is 23.7 Å². The molecule has 1 fully saturated rings. The number of amides is 2. The Bertz CT molecular complexity index is 1160. The number of nitrogens with one attached hydrogen (secondary N) is 1. The molecular weight excluding hydrogens is 498 g/mol. The molecule has 0 aliphatic heterocycles. The van der Waals surface area contributed by atoms with Crippen LogP contribution in [0, 0.1) is 0 Å². The van der Waals surface area contributed by atoms with Gasteiger partial charge in [-0.05, 0) is 48.8 Å². The minimum Gasteiger partial charge on any atom is -0.352 e. The maximum atomic E-state index is 13.9. The zero-order valence-corrected chi connectivity index (χ0v) is 24.0. The average molecular weight is 542 g/mol. The van der Waals surface area contributed by atoms with Crippen LogP contribution in [-0.2, 0) is 26.0 Å². The van der Waals surface area contributed by atoms with Gasteiger partial charge < -0.3 is 10.2 Å². The fraction of sp³-hybridized carbons (Fsp3) is 0.533. The molecule has 38 heavy (non-hydrogen) atoms. The zero-order valence-electron chi connectivity index (χ0n) is 23.2. The van der Waals surface area contributed by atoms with Crippen molar-refractivity contribution in [3.05, 3.63) is 65.7 Å². The first-order valence-corrected chi connectivity index (χ1v) is 15.7. The fourth-order valence-electron chi connectivity index (χ4n) is 5.24.